The van der Waals surface area contributed by atoms with Gasteiger partial charge in [-0.1, -0.05) is 11.3 Å². The number of fused-ring (bicyclic) bond motifs is 1. The normalized spacial score (nSPS) is 11.6. The van der Waals surface area contributed by atoms with Crippen LogP contribution in [-0.4, -0.2) is 31.1 Å². The van der Waals surface area contributed by atoms with Crippen LogP contribution in [0.15, 0.2) is 36.7 Å². The van der Waals surface area contributed by atoms with Crippen molar-refractivity contribution in [3.05, 3.63) is 47.9 Å². The SMILES string of the molecule is CC(C)(C)n1cc(CNc2cc(C(=O)O)cc3cccnc23)nn1. The van der Waals surface area contributed by atoms with Crippen LogP contribution in [0.2, 0.25) is 0 Å². The van der Waals surface area contributed by atoms with Crippen molar-refractivity contribution >= 4 is 22.6 Å². The summed E-state index contributed by atoms with van der Waals surface area (Å²) in [6, 6.07) is 6.83. The summed E-state index contributed by atoms with van der Waals surface area (Å²) in [5.74, 6) is -0.970. The number of nitrogens with one attached hydrogen (secondary N) is 1. The predicted molar refractivity (Wildman–Crippen MR) is 91.0 cm³/mol. The summed E-state index contributed by atoms with van der Waals surface area (Å²) in [4.78, 5) is 15.7. The van der Waals surface area contributed by atoms with Crippen molar-refractivity contribution < 1.29 is 9.90 Å². The molecule has 1 aromatic carbocycles. The fourth-order valence-corrected chi connectivity index (χ4v) is 2.34. The Morgan fingerprint density at radius 3 is 2.79 bits per heavy atom. The Balaban J connectivity index is 1.89. The number of benzene rings is 1. The molecule has 0 saturated heterocycles. The van der Waals surface area contributed by atoms with Gasteiger partial charge in [0, 0.05) is 11.6 Å². The maximum Gasteiger partial charge on any atom is 0.335 e. The predicted octanol–water partition coefficient (Wildman–Crippen LogP) is 2.89. The zero-order chi connectivity index (χ0) is 17.3. The summed E-state index contributed by atoms with van der Waals surface area (Å²) in [5, 5.41) is 21.5. The first kappa shape index (κ1) is 15.9. The highest BCUT2D eigenvalue weighted by Crippen LogP contribution is 2.24. The van der Waals surface area contributed by atoms with E-state index in [9.17, 15) is 9.90 Å². The van der Waals surface area contributed by atoms with E-state index in [1.807, 2.05) is 33.0 Å². The molecule has 0 unspecified atom stereocenters. The highest BCUT2D eigenvalue weighted by Gasteiger charge is 2.15. The van der Waals surface area contributed by atoms with Crippen LogP contribution in [0, 0.1) is 0 Å². The first-order valence-corrected chi connectivity index (χ1v) is 7.62. The van der Waals surface area contributed by atoms with Gasteiger partial charge in [-0.25, -0.2) is 9.48 Å². The van der Waals surface area contributed by atoms with Gasteiger partial charge in [0.25, 0.3) is 0 Å². The van der Waals surface area contributed by atoms with Crippen LogP contribution in [0.1, 0.15) is 36.8 Å². The van der Waals surface area contributed by atoms with Crippen molar-refractivity contribution in [3.8, 4) is 0 Å². The number of pyridine rings is 1. The lowest BCUT2D eigenvalue weighted by Gasteiger charge is -2.17. The van der Waals surface area contributed by atoms with Gasteiger partial charge in [0.2, 0.25) is 0 Å². The molecule has 2 heterocycles. The van der Waals surface area contributed by atoms with Gasteiger partial charge >= 0.3 is 5.97 Å². The van der Waals surface area contributed by atoms with Gasteiger partial charge in [-0.05, 0) is 39.0 Å². The Kier molecular flexibility index (Phi) is 3.92. The lowest BCUT2D eigenvalue weighted by atomic mass is 10.1. The number of aromatic nitrogens is 4. The first-order valence-electron chi connectivity index (χ1n) is 7.62. The van der Waals surface area contributed by atoms with Crippen LogP contribution in [0.25, 0.3) is 10.9 Å². The Labute approximate surface area is 139 Å². The molecule has 0 fully saturated rings. The highest BCUT2D eigenvalue weighted by molar-refractivity contribution is 5.99. The molecule has 2 N–H and O–H groups in total. The van der Waals surface area contributed by atoms with Crippen molar-refractivity contribution in [1.29, 1.82) is 0 Å². The average molecular weight is 325 g/mol. The van der Waals surface area contributed by atoms with Crippen molar-refractivity contribution in [2.45, 2.75) is 32.9 Å². The van der Waals surface area contributed by atoms with Gasteiger partial charge in [0.1, 0.15) is 5.69 Å². The lowest BCUT2D eigenvalue weighted by molar-refractivity contribution is 0.0697. The molecule has 2 aromatic heterocycles. The quantitative estimate of drug-likeness (QED) is 0.766. The lowest BCUT2D eigenvalue weighted by Crippen LogP contribution is -2.22. The van der Waals surface area contributed by atoms with Crippen LogP contribution in [0.5, 0.6) is 0 Å². The van der Waals surface area contributed by atoms with E-state index in [1.165, 1.54) is 0 Å². The van der Waals surface area contributed by atoms with E-state index in [1.54, 1.807) is 29.1 Å². The van der Waals surface area contributed by atoms with Crippen LogP contribution < -0.4 is 5.32 Å². The summed E-state index contributed by atoms with van der Waals surface area (Å²) < 4.78 is 1.80. The van der Waals surface area contributed by atoms with Crippen molar-refractivity contribution in [1.82, 2.24) is 20.0 Å². The molecule has 0 amide bonds. The Bertz CT molecular complexity index is 895. The molecule has 0 atom stereocenters. The Morgan fingerprint density at radius 2 is 2.12 bits per heavy atom. The van der Waals surface area contributed by atoms with E-state index < -0.39 is 5.97 Å². The number of aromatic carboxylic acids is 1. The molecule has 7 heteroatoms. The standard InChI is InChI=1S/C17H19N5O2/c1-17(2,3)22-10-13(20-21-22)9-19-14-8-12(16(23)24)7-11-5-4-6-18-15(11)14/h4-8,10,19H,9H2,1-3H3,(H,23,24). The summed E-state index contributed by atoms with van der Waals surface area (Å²) >= 11 is 0. The third-order valence-corrected chi connectivity index (χ3v) is 3.64. The van der Waals surface area contributed by atoms with Crippen molar-refractivity contribution in [2.24, 2.45) is 0 Å². The third kappa shape index (κ3) is 3.19. The molecule has 24 heavy (non-hydrogen) atoms. The maximum atomic E-state index is 11.3. The fraction of sp³-hybridized carbons (Fsp3) is 0.294. The number of carboxylic acid groups (broad SMARTS) is 1. The second-order valence-electron chi connectivity index (χ2n) is 6.58. The van der Waals surface area contributed by atoms with E-state index >= 15 is 0 Å². The number of hydrogen-bond donors (Lipinski definition) is 2. The zero-order valence-corrected chi connectivity index (χ0v) is 13.8. The van der Waals surface area contributed by atoms with Crippen LogP contribution in [-0.2, 0) is 12.1 Å². The van der Waals surface area contributed by atoms with Crippen molar-refractivity contribution in [3.63, 3.8) is 0 Å². The van der Waals surface area contributed by atoms with Gasteiger partial charge in [-0.15, -0.1) is 5.10 Å². The largest absolute Gasteiger partial charge is 0.478 e. The van der Waals surface area contributed by atoms with Crippen molar-refractivity contribution in [2.75, 3.05) is 5.32 Å². The molecule has 124 valence electrons. The van der Waals surface area contributed by atoms with E-state index in [-0.39, 0.29) is 11.1 Å². The van der Waals surface area contributed by atoms with E-state index in [2.05, 4.69) is 20.6 Å². The van der Waals surface area contributed by atoms with Gasteiger partial charge < -0.3 is 10.4 Å². The monoisotopic (exact) mass is 325 g/mol. The summed E-state index contributed by atoms with van der Waals surface area (Å²) in [6.45, 7) is 6.58. The molecule has 0 aliphatic rings. The molecular formula is C17H19N5O2. The number of nitrogens with zero attached hydrogens (tertiary/aromatic N) is 4. The Morgan fingerprint density at radius 1 is 1.33 bits per heavy atom. The van der Waals surface area contributed by atoms with Gasteiger partial charge in [-0.2, -0.15) is 0 Å². The van der Waals surface area contributed by atoms with Crippen LogP contribution in [0.4, 0.5) is 5.69 Å². The van der Waals surface area contributed by atoms with Crippen LogP contribution in [0.3, 0.4) is 0 Å². The molecule has 7 nitrogen and oxygen atoms in total. The fourth-order valence-electron chi connectivity index (χ4n) is 2.34. The maximum absolute atomic E-state index is 11.3. The minimum absolute atomic E-state index is 0.136. The number of carbonyl (C=O) groups is 1. The molecule has 0 aliphatic heterocycles. The van der Waals surface area contributed by atoms with Gasteiger partial charge in [-0.3, -0.25) is 4.98 Å². The topological polar surface area (TPSA) is 92.9 Å². The molecule has 0 radical (unpaired) electrons. The summed E-state index contributed by atoms with van der Waals surface area (Å²) in [7, 11) is 0. The zero-order valence-electron chi connectivity index (χ0n) is 13.8. The number of hydrogen-bond acceptors (Lipinski definition) is 5. The van der Waals surface area contributed by atoms with Gasteiger partial charge in [0.15, 0.2) is 0 Å². The molecule has 0 aliphatic carbocycles. The first-order chi connectivity index (χ1) is 11.3. The second kappa shape index (κ2) is 5.92. The molecule has 3 rings (SSSR count). The van der Waals surface area contributed by atoms with E-state index in [0.717, 1.165) is 16.6 Å². The molecular weight excluding hydrogens is 306 g/mol. The molecule has 0 saturated carbocycles. The minimum atomic E-state index is -0.970. The Hall–Kier alpha value is -2.96. The smallest absolute Gasteiger partial charge is 0.335 e. The third-order valence-electron chi connectivity index (χ3n) is 3.64. The summed E-state index contributed by atoms with van der Waals surface area (Å²) in [5.41, 5.74) is 2.25. The molecule has 3 aromatic rings. The van der Waals surface area contributed by atoms with E-state index in [0.29, 0.717) is 12.2 Å². The highest BCUT2D eigenvalue weighted by atomic mass is 16.4. The number of carboxylic acids is 1. The number of rotatable bonds is 4. The average Bonchev–Trinajstić information content (AvgIpc) is 3.01. The minimum Gasteiger partial charge on any atom is -0.478 e. The summed E-state index contributed by atoms with van der Waals surface area (Å²) in [6.07, 6.45) is 3.56. The van der Waals surface area contributed by atoms with Crippen LogP contribution >= 0.6 is 0 Å². The molecule has 0 spiro atoms. The van der Waals surface area contributed by atoms with Gasteiger partial charge in [0.05, 0.1) is 35.0 Å². The van der Waals surface area contributed by atoms with E-state index in [4.69, 9.17) is 0 Å². The molecule has 0 bridgehead atoms. The second-order valence-corrected chi connectivity index (χ2v) is 6.58. The number of anilines is 1.